The number of benzene rings is 2. The Kier molecular flexibility index (Phi) is 5.30. The van der Waals surface area contributed by atoms with Crippen molar-refractivity contribution in [2.24, 2.45) is 5.92 Å². The van der Waals surface area contributed by atoms with E-state index in [1.807, 2.05) is 13.0 Å². The summed E-state index contributed by atoms with van der Waals surface area (Å²) in [4.78, 5) is 0. The minimum atomic E-state index is -0.146. The number of rotatable bonds is 5. The molecule has 0 spiro atoms. The fourth-order valence-corrected chi connectivity index (χ4v) is 2.76. The predicted octanol–water partition coefficient (Wildman–Crippen LogP) is 5.53. The van der Waals surface area contributed by atoms with Crippen molar-refractivity contribution in [2.75, 3.05) is 7.11 Å². The first-order chi connectivity index (χ1) is 10.0. The smallest absolute Gasteiger partial charge is 0.122 e. The van der Waals surface area contributed by atoms with Crippen molar-refractivity contribution in [1.29, 1.82) is 0 Å². The van der Waals surface area contributed by atoms with Crippen molar-refractivity contribution in [1.82, 2.24) is 0 Å². The molecular formula is C19H23ClO. The van der Waals surface area contributed by atoms with Crippen LogP contribution in [0.25, 0.3) is 0 Å². The van der Waals surface area contributed by atoms with E-state index in [2.05, 4.69) is 50.2 Å². The fraction of sp³-hybridized carbons (Fsp3) is 0.368. The number of halogens is 1. The Morgan fingerprint density at radius 2 is 1.62 bits per heavy atom. The predicted molar refractivity (Wildman–Crippen MR) is 90.4 cm³/mol. The number of hydrogen-bond donors (Lipinski definition) is 0. The lowest BCUT2D eigenvalue weighted by molar-refractivity contribution is 0.411. The van der Waals surface area contributed by atoms with Crippen molar-refractivity contribution in [3.8, 4) is 5.75 Å². The van der Waals surface area contributed by atoms with Crippen molar-refractivity contribution < 1.29 is 4.74 Å². The van der Waals surface area contributed by atoms with Crippen molar-refractivity contribution >= 4 is 11.6 Å². The zero-order valence-corrected chi connectivity index (χ0v) is 13.9. The lowest BCUT2D eigenvalue weighted by Crippen LogP contribution is -1.98. The highest BCUT2D eigenvalue weighted by Gasteiger charge is 2.12. The molecule has 0 fully saturated rings. The van der Waals surface area contributed by atoms with Gasteiger partial charge in [-0.1, -0.05) is 50.2 Å². The van der Waals surface area contributed by atoms with Gasteiger partial charge in [-0.25, -0.2) is 0 Å². The fourth-order valence-electron chi connectivity index (χ4n) is 2.48. The van der Waals surface area contributed by atoms with Crippen LogP contribution in [0.1, 0.15) is 41.5 Å². The molecule has 0 saturated carbocycles. The number of aryl methyl sites for hydroxylation is 1. The van der Waals surface area contributed by atoms with E-state index in [9.17, 15) is 0 Å². The van der Waals surface area contributed by atoms with Crippen LogP contribution in [0.15, 0.2) is 42.5 Å². The Bertz CT molecular complexity index is 587. The Morgan fingerprint density at radius 1 is 1.00 bits per heavy atom. The van der Waals surface area contributed by atoms with E-state index in [4.69, 9.17) is 16.3 Å². The minimum Gasteiger partial charge on any atom is -0.496 e. The molecule has 0 aliphatic carbocycles. The first-order valence-electron chi connectivity index (χ1n) is 7.38. The van der Waals surface area contributed by atoms with Crippen molar-refractivity contribution in [3.63, 3.8) is 0 Å². The largest absolute Gasteiger partial charge is 0.496 e. The summed E-state index contributed by atoms with van der Waals surface area (Å²) in [6, 6.07) is 14.7. The lowest BCUT2D eigenvalue weighted by Gasteiger charge is -2.14. The van der Waals surface area contributed by atoms with Crippen molar-refractivity contribution in [2.45, 2.75) is 32.6 Å². The van der Waals surface area contributed by atoms with Gasteiger partial charge < -0.3 is 4.74 Å². The van der Waals surface area contributed by atoms with Gasteiger partial charge in [0, 0.05) is 0 Å². The maximum absolute atomic E-state index is 6.62. The van der Waals surface area contributed by atoms with Gasteiger partial charge in [-0.3, -0.25) is 0 Å². The van der Waals surface area contributed by atoms with Gasteiger partial charge in [0.15, 0.2) is 0 Å². The zero-order valence-electron chi connectivity index (χ0n) is 13.2. The van der Waals surface area contributed by atoms with Gasteiger partial charge in [0.05, 0.1) is 12.5 Å². The third kappa shape index (κ3) is 4.01. The molecule has 2 rings (SSSR count). The number of methoxy groups -OCH3 is 1. The van der Waals surface area contributed by atoms with Gasteiger partial charge in [0.2, 0.25) is 0 Å². The lowest BCUT2D eigenvalue weighted by atomic mass is 9.98. The zero-order chi connectivity index (χ0) is 15.4. The summed E-state index contributed by atoms with van der Waals surface area (Å²) in [6.45, 7) is 6.50. The average molecular weight is 303 g/mol. The molecule has 0 saturated heterocycles. The molecule has 2 aromatic carbocycles. The van der Waals surface area contributed by atoms with Crippen LogP contribution in [-0.2, 0) is 6.42 Å². The van der Waals surface area contributed by atoms with E-state index in [1.54, 1.807) is 7.11 Å². The monoisotopic (exact) mass is 302 g/mol. The SMILES string of the molecule is COc1cc(C(Cl)c2ccc(CC(C)C)cc2)ccc1C. The maximum atomic E-state index is 6.62. The summed E-state index contributed by atoms with van der Waals surface area (Å²) in [6.07, 6.45) is 1.10. The van der Waals surface area contributed by atoms with E-state index < -0.39 is 0 Å². The Labute approximate surface area is 132 Å². The summed E-state index contributed by atoms with van der Waals surface area (Å²) >= 11 is 6.62. The highest BCUT2D eigenvalue weighted by molar-refractivity contribution is 6.22. The Balaban J connectivity index is 2.21. The minimum absolute atomic E-state index is 0.146. The molecule has 21 heavy (non-hydrogen) atoms. The Hall–Kier alpha value is -1.47. The van der Waals surface area contributed by atoms with E-state index in [1.165, 1.54) is 5.56 Å². The highest BCUT2D eigenvalue weighted by Crippen LogP contribution is 2.32. The van der Waals surface area contributed by atoms with E-state index >= 15 is 0 Å². The van der Waals surface area contributed by atoms with Gasteiger partial charge in [-0.15, -0.1) is 11.6 Å². The molecule has 112 valence electrons. The molecule has 1 unspecified atom stereocenters. The third-order valence-electron chi connectivity index (χ3n) is 3.64. The van der Waals surface area contributed by atoms with Crippen LogP contribution in [0, 0.1) is 12.8 Å². The maximum Gasteiger partial charge on any atom is 0.122 e. The first kappa shape index (κ1) is 15.9. The third-order valence-corrected chi connectivity index (χ3v) is 4.15. The van der Waals surface area contributed by atoms with E-state index in [-0.39, 0.29) is 5.38 Å². The quantitative estimate of drug-likeness (QED) is 0.660. The van der Waals surface area contributed by atoms with Crippen LogP contribution in [0.3, 0.4) is 0 Å². The standard InChI is InChI=1S/C19H23ClO/c1-13(2)11-15-6-9-16(10-7-15)19(20)17-8-5-14(3)18(12-17)21-4/h5-10,12-13,19H,11H2,1-4H3. The van der Waals surface area contributed by atoms with Crippen LogP contribution in [0.2, 0.25) is 0 Å². The van der Waals surface area contributed by atoms with Gasteiger partial charge in [0.1, 0.15) is 5.75 Å². The molecule has 0 aromatic heterocycles. The molecule has 1 atom stereocenters. The number of alkyl halides is 1. The molecule has 0 aliphatic rings. The van der Waals surface area contributed by atoms with Crippen LogP contribution in [0.4, 0.5) is 0 Å². The second-order valence-electron chi connectivity index (χ2n) is 5.93. The molecule has 0 amide bonds. The van der Waals surface area contributed by atoms with Crippen molar-refractivity contribution in [3.05, 3.63) is 64.7 Å². The topological polar surface area (TPSA) is 9.23 Å². The van der Waals surface area contributed by atoms with E-state index in [0.717, 1.165) is 28.9 Å². The van der Waals surface area contributed by atoms with Crippen LogP contribution < -0.4 is 4.74 Å². The molecular weight excluding hydrogens is 280 g/mol. The van der Waals surface area contributed by atoms with Crippen LogP contribution in [-0.4, -0.2) is 7.11 Å². The molecule has 2 aromatic rings. The summed E-state index contributed by atoms with van der Waals surface area (Å²) < 4.78 is 5.38. The van der Waals surface area contributed by atoms with Gasteiger partial charge in [-0.2, -0.15) is 0 Å². The number of hydrogen-bond acceptors (Lipinski definition) is 1. The summed E-state index contributed by atoms with van der Waals surface area (Å²) in [5.74, 6) is 1.55. The summed E-state index contributed by atoms with van der Waals surface area (Å²) in [5.41, 5.74) is 4.67. The molecule has 0 bridgehead atoms. The second-order valence-corrected chi connectivity index (χ2v) is 6.37. The van der Waals surface area contributed by atoms with Crippen LogP contribution in [0.5, 0.6) is 5.75 Å². The van der Waals surface area contributed by atoms with Gasteiger partial charge >= 0.3 is 0 Å². The van der Waals surface area contributed by atoms with Gasteiger partial charge in [-0.05, 0) is 47.6 Å². The molecule has 0 aliphatic heterocycles. The molecule has 0 radical (unpaired) electrons. The average Bonchev–Trinajstić information content (AvgIpc) is 2.47. The second kappa shape index (κ2) is 7.00. The highest BCUT2D eigenvalue weighted by atomic mass is 35.5. The van der Waals surface area contributed by atoms with Crippen LogP contribution >= 0.6 is 11.6 Å². The first-order valence-corrected chi connectivity index (χ1v) is 7.82. The molecule has 0 heterocycles. The Morgan fingerprint density at radius 3 is 2.19 bits per heavy atom. The summed E-state index contributed by atoms with van der Waals surface area (Å²) in [7, 11) is 1.69. The summed E-state index contributed by atoms with van der Waals surface area (Å²) in [5, 5.41) is -0.146. The number of ether oxygens (including phenoxy) is 1. The normalized spacial score (nSPS) is 12.5. The van der Waals surface area contributed by atoms with Gasteiger partial charge in [0.25, 0.3) is 0 Å². The van der Waals surface area contributed by atoms with E-state index in [0.29, 0.717) is 5.92 Å². The molecule has 1 nitrogen and oxygen atoms in total. The molecule has 2 heteroatoms. The molecule has 0 N–H and O–H groups in total.